The summed E-state index contributed by atoms with van der Waals surface area (Å²) in [6, 6.07) is 15.1. The first kappa shape index (κ1) is 28.0. The van der Waals surface area contributed by atoms with E-state index in [1.165, 1.54) is 6.92 Å². The molecule has 3 atom stereocenters. The minimum atomic E-state index is -4.88. The molecular weight excluding hydrogens is 467 g/mol. The van der Waals surface area contributed by atoms with Gasteiger partial charge in [-0.1, -0.05) is 30.3 Å². The molecule has 0 saturated heterocycles. The molecule has 35 heavy (non-hydrogen) atoms. The maximum Gasteiger partial charge on any atom is 0.383 e. The highest BCUT2D eigenvalue weighted by molar-refractivity contribution is 5.86. The molecule has 2 aromatic rings. The zero-order valence-corrected chi connectivity index (χ0v) is 20.0. The zero-order chi connectivity index (χ0) is 26.2. The first-order valence-corrected chi connectivity index (χ1v) is 10.9. The maximum atomic E-state index is 13.7. The molecular formula is C25H30F3NO6. The Morgan fingerprint density at radius 2 is 1.77 bits per heavy atom. The quantitative estimate of drug-likeness (QED) is 0.329. The van der Waals surface area contributed by atoms with Crippen molar-refractivity contribution in [2.45, 2.75) is 50.6 Å². The third-order valence-electron chi connectivity index (χ3n) is 5.29. The lowest BCUT2D eigenvalue weighted by Crippen LogP contribution is -2.45. The number of alkyl halides is 3. The maximum absolute atomic E-state index is 13.7. The molecule has 0 amide bonds. The van der Waals surface area contributed by atoms with Crippen molar-refractivity contribution in [1.29, 1.82) is 0 Å². The monoisotopic (exact) mass is 497 g/mol. The third-order valence-corrected chi connectivity index (χ3v) is 5.29. The number of carboxylic acids is 1. The molecule has 2 aromatic carbocycles. The van der Waals surface area contributed by atoms with E-state index in [-0.39, 0.29) is 6.42 Å². The Bertz CT molecular complexity index is 1000. The Balaban J connectivity index is 2.05. The van der Waals surface area contributed by atoms with Crippen LogP contribution in [0, 0.1) is 0 Å². The summed E-state index contributed by atoms with van der Waals surface area (Å²) in [6.45, 7) is 1.39. The Kier molecular flexibility index (Phi) is 9.94. The van der Waals surface area contributed by atoms with Gasteiger partial charge in [0.15, 0.2) is 6.23 Å². The number of carbonyl (C=O) groups excluding carboxylic acids is 1. The van der Waals surface area contributed by atoms with Crippen LogP contribution in [0.3, 0.4) is 0 Å². The topological polar surface area (TPSA) is 85.3 Å². The summed E-state index contributed by atoms with van der Waals surface area (Å²) < 4.78 is 56.4. The molecule has 0 spiro atoms. The number of benzene rings is 2. The van der Waals surface area contributed by atoms with Gasteiger partial charge in [-0.05, 0) is 63.2 Å². The van der Waals surface area contributed by atoms with Gasteiger partial charge in [0.25, 0.3) is 6.17 Å². The van der Waals surface area contributed by atoms with Gasteiger partial charge in [-0.15, -0.1) is 0 Å². The first-order chi connectivity index (χ1) is 16.4. The number of carboxylic acid groups (broad SMARTS) is 1. The Morgan fingerprint density at radius 1 is 1.09 bits per heavy atom. The number of hydrogen-bond donors (Lipinski definition) is 1. The van der Waals surface area contributed by atoms with Crippen LogP contribution in [0.5, 0.6) is 11.5 Å². The van der Waals surface area contributed by atoms with Crippen LogP contribution in [-0.2, 0) is 27.2 Å². The molecule has 0 fully saturated rings. The molecule has 10 heteroatoms. The molecule has 0 aliphatic rings. The lowest BCUT2D eigenvalue weighted by atomic mass is 10.0. The standard InChI is InChI=1S/C25H30F3NO6/c1-16(34-23(30)22(26)25(27,28)24(31)32)14-21(29(2)3)35-20-11-6-5-9-18(20)13-12-17-8-7-10-19(15-17)33-4/h5-11,15-16,21-22H,12-14H2,1-4H3,(H,31,32)/t16?,21-,22-/m0/s1. The highest BCUT2D eigenvalue weighted by Crippen LogP contribution is 2.26. The van der Waals surface area contributed by atoms with E-state index in [0.29, 0.717) is 12.2 Å². The van der Waals surface area contributed by atoms with Gasteiger partial charge in [-0.3, -0.25) is 4.90 Å². The smallest absolute Gasteiger partial charge is 0.383 e. The molecule has 1 N–H and O–H groups in total. The van der Waals surface area contributed by atoms with E-state index in [0.717, 1.165) is 23.3 Å². The molecule has 0 bridgehead atoms. The van der Waals surface area contributed by atoms with E-state index in [4.69, 9.17) is 19.3 Å². The molecule has 0 aromatic heterocycles. The summed E-state index contributed by atoms with van der Waals surface area (Å²) in [5, 5.41) is 8.41. The van der Waals surface area contributed by atoms with Gasteiger partial charge >= 0.3 is 17.9 Å². The SMILES string of the molecule is COc1cccc(CCc2ccccc2O[C@@H](CC(C)OC(=O)[C@H](F)C(F)(F)C(=O)O)N(C)C)c1. The lowest BCUT2D eigenvalue weighted by Gasteiger charge is -2.29. The Hall–Kier alpha value is -3.27. The van der Waals surface area contributed by atoms with Gasteiger partial charge < -0.3 is 19.3 Å². The highest BCUT2D eigenvalue weighted by Gasteiger charge is 2.53. The van der Waals surface area contributed by atoms with E-state index < -0.39 is 36.4 Å². The molecule has 1 unspecified atom stereocenters. The van der Waals surface area contributed by atoms with Crippen molar-refractivity contribution in [3.63, 3.8) is 0 Å². The summed E-state index contributed by atoms with van der Waals surface area (Å²) in [5.74, 6) is -8.21. The predicted octanol–water partition coefficient (Wildman–Crippen LogP) is 4.13. The van der Waals surface area contributed by atoms with Crippen molar-refractivity contribution >= 4 is 11.9 Å². The Labute approximate surface area is 202 Å². The van der Waals surface area contributed by atoms with Crippen molar-refractivity contribution < 1.29 is 42.1 Å². The van der Waals surface area contributed by atoms with Gasteiger partial charge in [-0.25, -0.2) is 14.0 Å². The molecule has 0 aliphatic heterocycles. The van der Waals surface area contributed by atoms with Gasteiger partial charge in [0, 0.05) is 6.42 Å². The van der Waals surface area contributed by atoms with Crippen molar-refractivity contribution in [2.75, 3.05) is 21.2 Å². The lowest BCUT2D eigenvalue weighted by molar-refractivity contribution is -0.189. The average molecular weight is 498 g/mol. The number of rotatable bonds is 13. The number of nitrogens with zero attached hydrogens (tertiary/aromatic N) is 1. The van der Waals surface area contributed by atoms with E-state index in [9.17, 15) is 22.8 Å². The second-order valence-electron chi connectivity index (χ2n) is 8.27. The summed E-state index contributed by atoms with van der Waals surface area (Å²) >= 11 is 0. The third kappa shape index (κ3) is 7.88. The number of esters is 1. The molecule has 0 saturated carbocycles. The fourth-order valence-electron chi connectivity index (χ4n) is 3.29. The van der Waals surface area contributed by atoms with Crippen LogP contribution in [0.1, 0.15) is 24.5 Å². The van der Waals surface area contributed by atoms with E-state index >= 15 is 0 Å². The van der Waals surface area contributed by atoms with Gasteiger partial charge in [0.1, 0.15) is 17.6 Å². The van der Waals surface area contributed by atoms with Crippen molar-refractivity contribution in [3.05, 3.63) is 59.7 Å². The number of ether oxygens (including phenoxy) is 3. The van der Waals surface area contributed by atoms with Crippen molar-refractivity contribution in [1.82, 2.24) is 4.90 Å². The van der Waals surface area contributed by atoms with Crippen LogP contribution in [0.25, 0.3) is 0 Å². The van der Waals surface area contributed by atoms with Crippen molar-refractivity contribution in [2.24, 2.45) is 0 Å². The molecule has 192 valence electrons. The molecule has 2 rings (SSSR count). The number of halogens is 3. The minimum absolute atomic E-state index is 0.0221. The second-order valence-corrected chi connectivity index (χ2v) is 8.27. The summed E-state index contributed by atoms with van der Waals surface area (Å²) in [5.41, 5.74) is 2.01. The number of aryl methyl sites for hydroxylation is 2. The van der Waals surface area contributed by atoms with Crippen LogP contribution < -0.4 is 9.47 Å². The van der Waals surface area contributed by atoms with Crippen LogP contribution >= 0.6 is 0 Å². The van der Waals surface area contributed by atoms with Crippen LogP contribution in [-0.4, -0.2) is 67.6 Å². The molecule has 0 heterocycles. The summed E-state index contributed by atoms with van der Waals surface area (Å²) in [7, 11) is 5.04. The largest absolute Gasteiger partial charge is 0.497 e. The van der Waals surface area contributed by atoms with Gasteiger partial charge in [-0.2, -0.15) is 8.78 Å². The first-order valence-electron chi connectivity index (χ1n) is 10.9. The molecule has 0 radical (unpaired) electrons. The van der Waals surface area contributed by atoms with Crippen LogP contribution in [0.15, 0.2) is 48.5 Å². The zero-order valence-electron chi connectivity index (χ0n) is 20.0. The van der Waals surface area contributed by atoms with Crippen LogP contribution in [0.2, 0.25) is 0 Å². The van der Waals surface area contributed by atoms with Gasteiger partial charge in [0.2, 0.25) is 0 Å². The molecule has 7 nitrogen and oxygen atoms in total. The van der Waals surface area contributed by atoms with Gasteiger partial charge in [0.05, 0.1) is 7.11 Å². The highest BCUT2D eigenvalue weighted by atomic mass is 19.3. The number of methoxy groups -OCH3 is 1. The van der Waals surface area contributed by atoms with E-state index in [1.807, 2.05) is 42.5 Å². The number of para-hydroxylation sites is 1. The summed E-state index contributed by atoms with van der Waals surface area (Å²) in [4.78, 5) is 23.9. The number of carbonyl (C=O) groups is 2. The number of aliphatic carboxylic acids is 1. The van der Waals surface area contributed by atoms with E-state index in [1.54, 1.807) is 32.2 Å². The van der Waals surface area contributed by atoms with Crippen molar-refractivity contribution in [3.8, 4) is 11.5 Å². The Morgan fingerprint density at radius 3 is 2.40 bits per heavy atom. The predicted molar refractivity (Wildman–Crippen MR) is 123 cm³/mol. The fraction of sp³-hybridized carbons (Fsp3) is 0.440. The second kappa shape index (κ2) is 12.4. The average Bonchev–Trinajstić information content (AvgIpc) is 2.82. The normalized spacial score (nSPS) is 14.2. The summed E-state index contributed by atoms with van der Waals surface area (Å²) in [6.07, 6.45) is -3.86. The number of hydrogen-bond acceptors (Lipinski definition) is 6. The fourth-order valence-corrected chi connectivity index (χ4v) is 3.29. The van der Waals surface area contributed by atoms with Crippen LogP contribution in [0.4, 0.5) is 13.2 Å². The molecule has 0 aliphatic carbocycles. The van der Waals surface area contributed by atoms with E-state index in [2.05, 4.69) is 0 Å². The minimum Gasteiger partial charge on any atom is -0.497 e.